The van der Waals surface area contributed by atoms with Crippen molar-refractivity contribution < 1.29 is 4.79 Å². The van der Waals surface area contributed by atoms with Crippen LogP contribution in [0.25, 0.3) is 10.8 Å². The molecule has 1 unspecified atom stereocenters. The molecule has 0 bridgehead atoms. The summed E-state index contributed by atoms with van der Waals surface area (Å²) in [5, 5.41) is 5.15. The Kier molecular flexibility index (Phi) is 2.90. The largest absolute Gasteiger partial charge is 0.398 e. The Morgan fingerprint density at radius 1 is 1.26 bits per heavy atom. The van der Waals surface area contributed by atoms with Gasteiger partial charge in [-0.3, -0.25) is 4.79 Å². The van der Waals surface area contributed by atoms with Crippen LogP contribution in [0, 0.1) is 5.92 Å². The van der Waals surface area contributed by atoms with Crippen molar-refractivity contribution in [3.05, 3.63) is 42.0 Å². The van der Waals surface area contributed by atoms with Crippen molar-refractivity contribution in [2.24, 2.45) is 5.92 Å². The van der Waals surface area contributed by atoms with Crippen LogP contribution >= 0.6 is 0 Å². The zero-order valence-electron chi connectivity index (χ0n) is 11.0. The number of carbonyl (C=O) groups is 1. The first-order valence-corrected chi connectivity index (χ1v) is 6.74. The van der Waals surface area contributed by atoms with Crippen LogP contribution in [-0.4, -0.2) is 11.9 Å². The first-order chi connectivity index (χ1) is 9.15. The van der Waals surface area contributed by atoms with Crippen molar-refractivity contribution in [2.75, 3.05) is 5.73 Å². The number of hydrogen-bond donors (Lipinski definition) is 2. The van der Waals surface area contributed by atoms with Crippen LogP contribution in [0.2, 0.25) is 0 Å². The van der Waals surface area contributed by atoms with E-state index in [1.807, 2.05) is 36.4 Å². The van der Waals surface area contributed by atoms with Crippen molar-refractivity contribution in [2.45, 2.75) is 25.8 Å². The summed E-state index contributed by atoms with van der Waals surface area (Å²) < 4.78 is 0. The van der Waals surface area contributed by atoms with E-state index in [9.17, 15) is 4.79 Å². The topological polar surface area (TPSA) is 55.1 Å². The molecule has 0 aromatic heterocycles. The van der Waals surface area contributed by atoms with E-state index >= 15 is 0 Å². The Hall–Kier alpha value is -2.03. The number of rotatable bonds is 3. The highest BCUT2D eigenvalue weighted by Crippen LogP contribution is 2.32. The van der Waals surface area contributed by atoms with Crippen molar-refractivity contribution >= 4 is 22.4 Å². The van der Waals surface area contributed by atoms with E-state index in [-0.39, 0.29) is 11.9 Å². The second kappa shape index (κ2) is 4.57. The molecule has 3 heteroatoms. The molecule has 0 heterocycles. The molecule has 2 aromatic carbocycles. The van der Waals surface area contributed by atoms with Gasteiger partial charge in [0.1, 0.15) is 0 Å². The van der Waals surface area contributed by atoms with E-state index in [0.29, 0.717) is 17.2 Å². The van der Waals surface area contributed by atoms with Gasteiger partial charge in [-0.15, -0.1) is 0 Å². The minimum absolute atomic E-state index is 0.0670. The van der Waals surface area contributed by atoms with Crippen LogP contribution < -0.4 is 11.1 Å². The molecular weight excluding hydrogens is 236 g/mol. The Bertz CT molecular complexity index is 632. The van der Waals surface area contributed by atoms with Crippen LogP contribution in [0.5, 0.6) is 0 Å². The lowest BCUT2D eigenvalue weighted by Crippen LogP contribution is -2.34. The van der Waals surface area contributed by atoms with E-state index < -0.39 is 0 Å². The van der Waals surface area contributed by atoms with Crippen molar-refractivity contribution in [1.82, 2.24) is 5.32 Å². The number of fused-ring (bicyclic) bond motifs is 1. The second-order valence-electron chi connectivity index (χ2n) is 5.39. The summed E-state index contributed by atoms with van der Waals surface area (Å²) in [4.78, 5) is 12.3. The molecule has 2 aromatic rings. The monoisotopic (exact) mass is 254 g/mol. The van der Waals surface area contributed by atoms with Gasteiger partial charge in [-0.05, 0) is 48.6 Å². The average Bonchev–Trinajstić information content (AvgIpc) is 3.22. The minimum atomic E-state index is -0.0670. The summed E-state index contributed by atoms with van der Waals surface area (Å²) in [7, 11) is 0. The highest BCUT2D eigenvalue weighted by molar-refractivity contribution is 6.04. The fraction of sp³-hybridized carbons (Fsp3) is 0.312. The number of benzene rings is 2. The van der Waals surface area contributed by atoms with Gasteiger partial charge < -0.3 is 11.1 Å². The third-order valence-electron chi connectivity index (χ3n) is 3.85. The Morgan fingerprint density at radius 2 is 1.89 bits per heavy atom. The molecule has 3 N–H and O–H groups in total. The number of nitrogen functional groups attached to an aromatic ring is 1. The smallest absolute Gasteiger partial charge is 0.253 e. The average molecular weight is 254 g/mol. The fourth-order valence-corrected chi connectivity index (χ4v) is 2.45. The molecule has 98 valence electrons. The number of carbonyl (C=O) groups excluding carboxylic acids is 1. The summed E-state index contributed by atoms with van der Waals surface area (Å²) in [5.41, 5.74) is 7.11. The van der Waals surface area contributed by atoms with Crippen LogP contribution in [0.15, 0.2) is 36.4 Å². The predicted molar refractivity (Wildman–Crippen MR) is 78.0 cm³/mol. The van der Waals surface area contributed by atoms with Gasteiger partial charge in [-0.1, -0.05) is 24.3 Å². The molecule has 0 radical (unpaired) electrons. The van der Waals surface area contributed by atoms with E-state index in [4.69, 9.17) is 5.73 Å². The number of anilines is 1. The van der Waals surface area contributed by atoms with Gasteiger partial charge >= 0.3 is 0 Å². The summed E-state index contributed by atoms with van der Waals surface area (Å²) in [6.45, 7) is 2.06. The van der Waals surface area contributed by atoms with Gasteiger partial charge in [0.05, 0.1) is 5.56 Å². The van der Waals surface area contributed by atoms with E-state index in [1.165, 1.54) is 12.8 Å². The van der Waals surface area contributed by atoms with Gasteiger partial charge in [0.2, 0.25) is 0 Å². The maximum absolute atomic E-state index is 12.3. The molecular formula is C16H18N2O. The lowest BCUT2D eigenvalue weighted by Gasteiger charge is -2.14. The van der Waals surface area contributed by atoms with Crippen molar-refractivity contribution in [1.29, 1.82) is 0 Å². The van der Waals surface area contributed by atoms with Crippen molar-refractivity contribution in [3.8, 4) is 0 Å². The summed E-state index contributed by atoms with van der Waals surface area (Å²) in [5.74, 6) is 0.577. The second-order valence-corrected chi connectivity index (χ2v) is 5.39. The first-order valence-electron chi connectivity index (χ1n) is 6.74. The molecule has 3 rings (SSSR count). The maximum Gasteiger partial charge on any atom is 0.253 e. The van der Waals surface area contributed by atoms with Gasteiger partial charge in [0.15, 0.2) is 0 Å². The fourth-order valence-electron chi connectivity index (χ4n) is 2.45. The van der Waals surface area contributed by atoms with Crippen LogP contribution in [0.1, 0.15) is 30.1 Å². The molecule has 1 fully saturated rings. The van der Waals surface area contributed by atoms with Gasteiger partial charge in [-0.25, -0.2) is 0 Å². The maximum atomic E-state index is 12.3. The van der Waals surface area contributed by atoms with Gasteiger partial charge in [-0.2, -0.15) is 0 Å². The lowest BCUT2D eigenvalue weighted by molar-refractivity contribution is 0.0937. The third-order valence-corrected chi connectivity index (χ3v) is 3.85. The van der Waals surface area contributed by atoms with Gasteiger partial charge in [0, 0.05) is 11.7 Å². The van der Waals surface area contributed by atoms with Crippen LogP contribution in [-0.2, 0) is 0 Å². The Morgan fingerprint density at radius 3 is 2.53 bits per heavy atom. The predicted octanol–water partition coefficient (Wildman–Crippen LogP) is 2.95. The molecule has 1 atom stereocenters. The number of nitrogens with two attached hydrogens (primary N) is 1. The molecule has 19 heavy (non-hydrogen) atoms. The van der Waals surface area contributed by atoms with E-state index in [1.54, 1.807) is 0 Å². The summed E-state index contributed by atoms with van der Waals surface area (Å²) in [6.07, 6.45) is 2.43. The van der Waals surface area contributed by atoms with Gasteiger partial charge in [0.25, 0.3) is 5.91 Å². The Balaban J connectivity index is 1.90. The quantitative estimate of drug-likeness (QED) is 0.827. The van der Waals surface area contributed by atoms with Crippen molar-refractivity contribution in [3.63, 3.8) is 0 Å². The first kappa shape index (κ1) is 12.0. The summed E-state index contributed by atoms with van der Waals surface area (Å²) in [6, 6.07) is 11.9. The lowest BCUT2D eigenvalue weighted by atomic mass is 10.0. The van der Waals surface area contributed by atoms with Crippen LogP contribution in [0.3, 0.4) is 0 Å². The highest BCUT2D eigenvalue weighted by atomic mass is 16.1. The Labute approximate surface area is 112 Å². The highest BCUT2D eigenvalue weighted by Gasteiger charge is 2.29. The standard InChI is InChI=1S/C16H18N2O/c1-10(11-6-7-11)18-16(19)14-8-12-4-2-3-5-13(12)9-15(14)17/h2-5,8-11H,6-7,17H2,1H3,(H,18,19). The summed E-state index contributed by atoms with van der Waals surface area (Å²) >= 11 is 0. The molecule has 1 aliphatic rings. The van der Waals surface area contributed by atoms with E-state index in [0.717, 1.165) is 10.8 Å². The zero-order chi connectivity index (χ0) is 13.4. The molecule has 1 saturated carbocycles. The zero-order valence-corrected chi connectivity index (χ0v) is 11.0. The van der Waals surface area contributed by atoms with Crippen LogP contribution in [0.4, 0.5) is 5.69 Å². The molecule has 0 spiro atoms. The number of nitrogens with one attached hydrogen (secondary N) is 1. The molecule has 3 nitrogen and oxygen atoms in total. The van der Waals surface area contributed by atoms with E-state index in [2.05, 4.69) is 12.2 Å². The number of hydrogen-bond acceptors (Lipinski definition) is 2. The number of amides is 1. The normalized spacial score (nSPS) is 16.3. The molecule has 0 saturated heterocycles. The molecule has 1 aliphatic carbocycles. The minimum Gasteiger partial charge on any atom is -0.398 e. The molecule has 0 aliphatic heterocycles. The SMILES string of the molecule is CC(NC(=O)c1cc2ccccc2cc1N)C1CC1. The molecule has 1 amide bonds. The third kappa shape index (κ3) is 2.41.